The smallest absolute Gasteiger partial charge is 1.00 e. The molecule has 1 aliphatic rings. The second-order valence-electron chi connectivity index (χ2n) is 4.34. The average Bonchev–Trinajstić information content (AvgIpc) is 1.87. The molecule has 1 N–H and O–H groups in total. The summed E-state index contributed by atoms with van der Waals surface area (Å²) in [6, 6.07) is 0. The van der Waals surface area contributed by atoms with E-state index >= 15 is 0 Å². The van der Waals surface area contributed by atoms with Gasteiger partial charge in [-0.3, -0.25) is 0 Å². The molecule has 1 fully saturated rings. The molecule has 12 heavy (non-hydrogen) atoms. The van der Waals surface area contributed by atoms with Gasteiger partial charge in [-0.05, 0) is 19.3 Å². The molecule has 1 rings (SSSR count). The van der Waals surface area contributed by atoms with E-state index in [1.807, 2.05) is 0 Å². The minimum atomic E-state index is -1.55. The number of hydrogen-bond acceptors (Lipinski definition) is 2. The van der Waals surface area contributed by atoms with E-state index < -0.39 is 13.5 Å². The van der Waals surface area contributed by atoms with Crippen LogP contribution in [0.15, 0.2) is 0 Å². The Morgan fingerprint density at radius 1 is 1.33 bits per heavy atom. The van der Waals surface area contributed by atoms with Gasteiger partial charge in [0, 0.05) is 6.61 Å². The van der Waals surface area contributed by atoms with Crippen LogP contribution in [0.5, 0.6) is 0 Å². The van der Waals surface area contributed by atoms with Gasteiger partial charge in [-0.25, -0.2) is 0 Å². The molecule has 1 atom stereocenters. The minimum Gasteiger partial charge on any atom is -1.00 e. The van der Waals surface area contributed by atoms with E-state index in [1.54, 1.807) is 0 Å². The summed E-state index contributed by atoms with van der Waals surface area (Å²) in [5.41, 5.74) is -0.745. The van der Waals surface area contributed by atoms with Crippen LogP contribution in [-0.4, -0.2) is 25.2 Å². The van der Waals surface area contributed by atoms with Gasteiger partial charge < -0.3 is 11.3 Å². The molecule has 0 amide bonds. The van der Waals surface area contributed by atoms with Gasteiger partial charge >= 0.3 is 18.9 Å². The summed E-state index contributed by atoms with van der Waals surface area (Å²) in [6.45, 7) is 7.19. The largest absolute Gasteiger partial charge is 1.00 e. The van der Waals surface area contributed by atoms with Crippen molar-refractivity contribution in [2.45, 2.75) is 44.3 Å². The number of rotatable bonds is 1. The van der Waals surface area contributed by atoms with E-state index in [0.717, 1.165) is 25.9 Å². The molecule has 0 radical (unpaired) electrons. The normalized spacial score (nSPS) is 31.0. The van der Waals surface area contributed by atoms with Gasteiger partial charge in [-0.1, -0.05) is 19.6 Å². The zero-order valence-electron chi connectivity index (χ0n) is 9.68. The predicted octanol–water partition coefficient (Wildman–Crippen LogP) is -1.13. The van der Waals surface area contributed by atoms with Crippen molar-refractivity contribution >= 4 is 8.07 Å². The number of ether oxygens (including phenoxy) is 1. The first kappa shape index (κ1) is 12.7. The Morgan fingerprint density at radius 3 is 2.17 bits per heavy atom. The summed E-state index contributed by atoms with van der Waals surface area (Å²) in [5.74, 6) is 0. The van der Waals surface area contributed by atoms with Gasteiger partial charge in [0.1, 0.15) is 13.5 Å². The van der Waals surface area contributed by atoms with Crippen LogP contribution in [0, 0.1) is 0 Å². The van der Waals surface area contributed by atoms with Crippen LogP contribution >= 0.6 is 0 Å². The van der Waals surface area contributed by atoms with Crippen molar-refractivity contribution in [1.29, 1.82) is 0 Å². The molecular formula is C8H19LiO2Si. The summed E-state index contributed by atoms with van der Waals surface area (Å²) in [6.07, 6.45) is 3.05. The van der Waals surface area contributed by atoms with Crippen LogP contribution in [0.25, 0.3) is 0 Å². The van der Waals surface area contributed by atoms with Crippen LogP contribution in [0.1, 0.15) is 20.7 Å². The zero-order valence-corrected chi connectivity index (χ0v) is 9.68. The first-order valence-electron chi connectivity index (χ1n) is 4.32. The molecule has 0 aromatic carbocycles. The van der Waals surface area contributed by atoms with Crippen LogP contribution in [0.4, 0.5) is 0 Å². The number of aliphatic hydroxyl groups is 1. The Bertz CT molecular complexity index is 144. The molecule has 0 bridgehead atoms. The third kappa shape index (κ3) is 2.61. The van der Waals surface area contributed by atoms with Crippen molar-refractivity contribution < 1.29 is 30.1 Å². The van der Waals surface area contributed by atoms with E-state index in [9.17, 15) is 5.11 Å². The fraction of sp³-hybridized carbons (Fsp3) is 1.00. The average molecular weight is 182 g/mol. The van der Waals surface area contributed by atoms with Crippen LogP contribution in [0.2, 0.25) is 19.6 Å². The van der Waals surface area contributed by atoms with Gasteiger partial charge in [0.15, 0.2) is 0 Å². The Labute approximate surface area is 89.4 Å². The fourth-order valence-electron chi connectivity index (χ4n) is 1.37. The van der Waals surface area contributed by atoms with Gasteiger partial charge in [0.2, 0.25) is 0 Å². The minimum absolute atomic E-state index is 0. The van der Waals surface area contributed by atoms with E-state index in [0.29, 0.717) is 0 Å². The molecule has 1 saturated heterocycles. The molecule has 1 unspecified atom stereocenters. The first-order valence-corrected chi connectivity index (χ1v) is 7.82. The van der Waals surface area contributed by atoms with Crippen molar-refractivity contribution in [1.82, 2.24) is 0 Å². The Kier molecular flexibility index (Phi) is 4.56. The standard InChI is InChI=1S/C8H18O2Si.Li.H/c1-11(2,3)8(9)6-4-5-7-10-8;;/h9H,4-7H2,1-3H3;;/q;+1;-1. The molecule has 2 nitrogen and oxygen atoms in total. The maximum atomic E-state index is 10.0. The van der Waals surface area contributed by atoms with Crippen molar-refractivity contribution in [3.8, 4) is 0 Å². The molecule has 4 heteroatoms. The number of hydrogen-bond donors (Lipinski definition) is 1. The summed E-state index contributed by atoms with van der Waals surface area (Å²) < 4.78 is 5.45. The molecule has 0 aromatic heterocycles. The Morgan fingerprint density at radius 2 is 1.92 bits per heavy atom. The second-order valence-corrected chi connectivity index (χ2v) is 9.62. The molecule has 1 aliphatic heterocycles. The van der Waals surface area contributed by atoms with Crippen molar-refractivity contribution in [3.63, 3.8) is 0 Å². The van der Waals surface area contributed by atoms with Crippen molar-refractivity contribution in [3.05, 3.63) is 0 Å². The summed E-state index contributed by atoms with van der Waals surface area (Å²) in [7, 11) is -1.55. The maximum absolute atomic E-state index is 10.0. The molecule has 0 spiro atoms. The van der Waals surface area contributed by atoms with E-state index in [4.69, 9.17) is 4.74 Å². The van der Waals surface area contributed by atoms with Gasteiger partial charge in [-0.15, -0.1) is 0 Å². The van der Waals surface area contributed by atoms with E-state index in [-0.39, 0.29) is 20.3 Å². The Balaban J connectivity index is 0. The predicted molar refractivity (Wildman–Crippen MR) is 49.2 cm³/mol. The third-order valence-corrected chi connectivity index (χ3v) is 5.16. The quantitative estimate of drug-likeness (QED) is 0.520. The van der Waals surface area contributed by atoms with Crippen LogP contribution < -0.4 is 18.9 Å². The van der Waals surface area contributed by atoms with Gasteiger partial charge in [0.25, 0.3) is 0 Å². The molecule has 0 aromatic rings. The summed E-state index contributed by atoms with van der Waals surface area (Å²) in [5, 5.41) is 10.0. The summed E-state index contributed by atoms with van der Waals surface area (Å²) in [4.78, 5) is 0. The topological polar surface area (TPSA) is 29.5 Å². The van der Waals surface area contributed by atoms with Crippen LogP contribution in [0.3, 0.4) is 0 Å². The fourth-order valence-corrected chi connectivity index (χ4v) is 2.83. The zero-order chi connectivity index (χ0) is 8.54. The monoisotopic (exact) mass is 182 g/mol. The van der Waals surface area contributed by atoms with E-state index in [1.165, 1.54) is 0 Å². The molecule has 0 aliphatic carbocycles. The summed E-state index contributed by atoms with van der Waals surface area (Å²) >= 11 is 0. The molecule has 68 valence electrons. The van der Waals surface area contributed by atoms with E-state index in [2.05, 4.69) is 19.6 Å². The first-order chi connectivity index (χ1) is 4.96. The van der Waals surface area contributed by atoms with Crippen molar-refractivity contribution in [2.24, 2.45) is 0 Å². The second kappa shape index (κ2) is 4.30. The van der Waals surface area contributed by atoms with Gasteiger partial charge in [0.05, 0.1) is 0 Å². The molecule has 1 heterocycles. The van der Waals surface area contributed by atoms with Crippen LogP contribution in [-0.2, 0) is 4.74 Å². The third-order valence-electron chi connectivity index (χ3n) is 2.42. The maximum Gasteiger partial charge on any atom is 1.00 e. The SMILES string of the molecule is C[Si](C)(C)C1(O)CCCCO1.[H-].[Li+]. The van der Waals surface area contributed by atoms with Crippen molar-refractivity contribution in [2.75, 3.05) is 6.61 Å². The Hall–Kier alpha value is 0.734. The molecule has 0 saturated carbocycles. The van der Waals surface area contributed by atoms with Gasteiger partial charge in [-0.2, -0.15) is 0 Å². The molecular weight excluding hydrogens is 163 g/mol.